The average Bonchev–Trinajstić information content (AvgIpc) is 2.86. The molecule has 0 aliphatic heterocycles. The predicted octanol–water partition coefficient (Wildman–Crippen LogP) is 4.42. The second kappa shape index (κ2) is 7.16. The fraction of sp³-hybridized carbons (Fsp3) is 0.167. The zero-order valence-electron chi connectivity index (χ0n) is 13.1. The summed E-state index contributed by atoms with van der Waals surface area (Å²) in [5.74, 6) is 0.725. The smallest absolute Gasteiger partial charge is 0.264 e. The summed E-state index contributed by atoms with van der Waals surface area (Å²) < 4.78 is 7.70. The van der Waals surface area contributed by atoms with E-state index in [1.165, 1.54) is 0 Å². The van der Waals surface area contributed by atoms with Crippen LogP contribution in [0.5, 0.6) is 5.75 Å². The maximum Gasteiger partial charge on any atom is 0.264 e. The molecule has 0 fully saturated rings. The van der Waals surface area contributed by atoms with Crippen LogP contribution in [0.4, 0.5) is 0 Å². The van der Waals surface area contributed by atoms with Gasteiger partial charge in [0.15, 0.2) is 0 Å². The number of aromatic amines is 1. The third-order valence-electron chi connectivity index (χ3n) is 3.67. The number of ether oxygens (including phenoxy) is 1. The van der Waals surface area contributed by atoms with Gasteiger partial charge < -0.3 is 4.74 Å². The number of nitrogens with zero attached hydrogens (tertiary/aromatic N) is 1. The summed E-state index contributed by atoms with van der Waals surface area (Å²) in [6.07, 6.45) is 0. The fourth-order valence-electron chi connectivity index (χ4n) is 2.41. The number of aromatic nitrogens is 2. The Morgan fingerprint density at radius 3 is 2.42 bits per heavy atom. The Morgan fingerprint density at radius 1 is 1.04 bits per heavy atom. The van der Waals surface area contributed by atoms with Crippen molar-refractivity contribution in [1.29, 1.82) is 0 Å². The van der Waals surface area contributed by atoms with E-state index in [1.54, 1.807) is 16.8 Å². The molecular weight excluding hydrogens is 347 g/mol. The van der Waals surface area contributed by atoms with E-state index in [0.717, 1.165) is 22.6 Å². The van der Waals surface area contributed by atoms with Crippen LogP contribution in [0.2, 0.25) is 10.0 Å². The van der Waals surface area contributed by atoms with Crippen molar-refractivity contribution in [2.75, 3.05) is 0 Å². The van der Waals surface area contributed by atoms with E-state index in [0.29, 0.717) is 23.2 Å². The predicted molar refractivity (Wildman–Crippen MR) is 96.1 cm³/mol. The van der Waals surface area contributed by atoms with Crippen LogP contribution in [-0.2, 0) is 13.2 Å². The molecule has 4 nitrogen and oxygen atoms in total. The van der Waals surface area contributed by atoms with Crippen molar-refractivity contribution in [2.45, 2.75) is 20.1 Å². The molecule has 0 saturated carbocycles. The summed E-state index contributed by atoms with van der Waals surface area (Å²) in [5, 5.41) is 4.08. The molecule has 0 saturated heterocycles. The van der Waals surface area contributed by atoms with Gasteiger partial charge in [-0.3, -0.25) is 14.6 Å². The SMILES string of the molecule is Cc1cc(=O)[nH]n1Cc1cc(Cl)ccc1OCc1ccc(Cl)cc1. The van der Waals surface area contributed by atoms with Crippen LogP contribution in [0, 0.1) is 6.92 Å². The molecule has 0 unspecified atom stereocenters. The van der Waals surface area contributed by atoms with Gasteiger partial charge in [0, 0.05) is 27.4 Å². The molecule has 0 aliphatic carbocycles. The third kappa shape index (κ3) is 4.02. The zero-order valence-corrected chi connectivity index (χ0v) is 14.6. The number of benzene rings is 2. The number of hydrogen-bond acceptors (Lipinski definition) is 2. The Balaban J connectivity index is 1.81. The minimum Gasteiger partial charge on any atom is -0.489 e. The second-order valence-electron chi connectivity index (χ2n) is 5.52. The van der Waals surface area contributed by atoms with Crippen molar-refractivity contribution in [2.24, 2.45) is 0 Å². The van der Waals surface area contributed by atoms with Gasteiger partial charge in [-0.2, -0.15) is 0 Å². The molecule has 0 aliphatic rings. The molecule has 0 radical (unpaired) electrons. The van der Waals surface area contributed by atoms with Crippen molar-refractivity contribution < 1.29 is 4.74 Å². The molecule has 6 heteroatoms. The number of hydrogen-bond donors (Lipinski definition) is 1. The van der Waals surface area contributed by atoms with Gasteiger partial charge in [0.25, 0.3) is 5.56 Å². The van der Waals surface area contributed by atoms with E-state index < -0.39 is 0 Å². The van der Waals surface area contributed by atoms with E-state index in [2.05, 4.69) is 5.10 Å². The average molecular weight is 363 g/mol. The van der Waals surface area contributed by atoms with Crippen LogP contribution >= 0.6 is 23.2 Å². The van der Waals surface area contributed by atoms with Gasteiger partial charge in [-0.1, -0.05) is 35.3 Å². The first-order chi connectivity index (χ1) is 11.5. The van der Waals surface area contributed by atoms with E-state index in [9.17, 15) is 4.79 Å². The zero-order chi connectivity index (χ0) is 17.1. The summed E-state index contributed by atoms with van der Waals surface area (Å²) in [6.45, 7) is 2.77. The van der Waals surface area contributed by atoms with Gasteiger partial charge in [-0.05, 0) is 42.8 Å². The summed E-state index contributed by atoms with van der Waals surface area (Å²) in [6, 6.07) is 14.5. The molecule has 3 rings (SSSR count). The molecule has 1 N–H and O–H groups in total. The van der Waals surface area contributed by atoms with Gasteiger partial charge in [0.1, 0.15) is 12.4 Å². The number of aryl methyl sites for hydroxylation is 1. The van der Waals surface area contributed by atoms with E-state index in [4.69, 9.17) is 27.9 Å². The summed E-state index contributed by atoms with van der Waals surface area (Å²) in [7, 11) is 0. The van der Waals surface area contributed by atoms with Crippen LogP contribution in [-0.4, -0.2) is 9.78 Å². The maximum absolute atomic E-state index is 11.4. The Kier molecular flexibility index (Phi) is 4.97. The quantitative estimate of drug-likeness (QED) is 0.730. The van der Waals surface area contributed by atoms with Gasteiger partial charge in [0.2, 0.25) is 0 Å². The van der Waals surface area contributed by atoms with Crippen molar-refractivity contribution in [3.05, 3.63) is 85.8 Å². The Labute approximate surface area is 149 Å². The molecule has 1 aromatic heterocycles. The Hall–Kier alpha value is -2.17. The van der Waals surface area contributed by atoms with E-state index in [-0.39, 0.29) is 5.56 Å². The first-order valence-corrected chi connectivity index (χ1v) is 8.19. The van der Waals surface area contributed by atoms with Crippen LogP contribution in [0.1, 0.15) is 16.8 Å². The lowest BCUT2D eigenvalue weighted by atomic mass is 10.2. The van der Waals surface area contributed by atoms with Gasteiger partial charge in [-0.25, -0.2) is 0 Å². The molecule has 0 bridgehead atoms. The maximum atomic E-state index is 11.4. The normalized spacial score (nSPS) is 10.8. The molecule has 2 aromatic carbocycles. The van der Waals surface area contributed by atoms with Crippen molar-refractivity contribution in [3.8, 4) is 5.75 Å². The second-order valence-corrected chi connectivity index (χ2v) is 6.39. The molecular formula is C18H16Cl2N2O2. The molecule has 1 heterocycles. The van der Waals surface area contributed by atoms with Crippen LogP contribution < -0.4 is 10.3 Å². The molecule has 3 aromatic rings. The minimum absolute atomic E-state index is 0.127. The topological polar surface area (TPSA) is 47.0 Å². The first-order valence-electron chi connectivity index (χ1n) is 7.43. The van der Waals surface area contributed by atoms with Crippen molar-refractivity contribution in [3.63, 3.8) is 0 Å². The fourth-order valence-corrected chi connectivity index (χ4v) is 2.73. The molecule has 0 spiro atoms. The lowest BCUT2D eigenvalue weighted by molar-refractivity contribution is 0.302. The van der Waals surface area contributed by atoms with E-state index >= 15 is 0 Å². The number of nitrogens with one attached hydrogen (secondary N) is 1. The highest BCUT2D eigenvalue weighted by atomic mass is 35.5. The highest BCUT2D eigenvalue weighted by molar-refractivity contribution is 6.30. The highest BCUT2D eigenvalue weighted by Gasteiger charge is 2.09. The van der Waals surface area contributed by atoms with E-state index in [1.807, 2.05) is 43.3 Å². The molecule has 24 heavy (non-hydrogen) atoms. The standard InChI is InChI=1S/C18H16Cl2N2O2/c1-12-8-18(23)21-22(12)10-14-9-16(20)6-7-17(14)24-11-13-2-4-15(19)5-3-13/h2-9H,10-11H2,1H3,(H,21,23). The van der Waals surface area contributed by atoms with Crippen molar-refractivity contribution >= 4 is 23.2 Å². The first kappa shape index (κ1) is 16.7. The van der Waals surface area contributed by atoms with Crippen LogP contribution in [0.25, 0.3) is 0 Å². The highest BCUT2D eigenvalue weighted by Crippen LogP contribution is 2.25. The summed E-state index contributed by atoms with van der Waals surface area (Å²) in [4.78, 5) is 11.4. The Morgan fingerprint density at radius 2 is 1.75 bits per heavy atom. The largest absolute Gasteiger partial charge is 0.489 e. The van der Waals surface area contributed by atoms with Crippen LogP contribution in [0.3, 0.4) is 0 Å². The van der Waals surface area contributed by atoms with Gasteiger partial charge in [-0.15, -0.1) is 0 Å². The van der Waals surface area contributed by atoms with Crippen LogP contribution in [0.15, 0.2) is 53.3 Å². The molecule has 0 amide bonds. The lowest BCUT2D eigenvalue weighted by Gasteiger charge is -2.13. The Bertz CT molecular complexity index is 898. The summed E-state index contributed by atoms with van der Waals surface area (Å²) >= 11 is 12.0. The van der Waals surface area contributed by atoms with Gasteiger partial charge in [0.05, 0.1) is 6.54 Å². The third-order valence-corrected chi connectivity index (χ3v) is 4.16. The number of rotatable bonds is 5. The lowest BCUT2D eigenvalue weighted by Crippen LogP contribution is -2.09. The van der Waals surface area contributed by atoms with Gasteiger partial charge >= 0.3 is 0 Å². The number of halogens is 2. The monoisotopic (exact) mass is 362 g/mol. The minimum atomic E-state index is -0.127. The molecule has 0 atom stereocenters. The summed E-state index contributed by atoms with van der Waals surface area (Å²) in [5.41, 5.74) is 2.64. The van der Waals surface area contributed by atoms with Crippen molar-refractivity contribution in [1.82, 2.24) is 9.78 Å². The number of H-pyrrole nitrogens is 1. The molecule has 124 valence electrons.